The Labute approximate surface area is 216 Å². The van der Waals surface area contributed by atoms with Gasteiger partial charge in [-0.3, -0.25) is 4.98 Å². The Morgan fingerprint density at radius 3 is 2.51 bits per heavy atom. The molecule has 5 rings (SSSR count). The largest absolute Gasteiger partial charge is 0.506 e. The molecule has 5 nitrogen and oxygen atoms in total. The molecule has 7 heteroatoms. The number of hydrogen-bond donors (Lipinski definition) is 2. The Morgan fingerprint density at radius 1 is 0.971 bits per heavy atom. The van der Waals surface area contributed by atoms with Crippen LogP contribution in [0.5, 0.6) is 5.75 Å². The van der Waals surface area contributed by atoms with E-state index in [9.17, 15) is 5.11 Å². The van der Waals surface area contributed by atoms with Gasteiger partial charge in [0.1, 0.15) is 5.75 Å². The predicted molar refractivity (Wildman–Crippen MR) is 146 cm³/mol. The minimum absolute atomic E-state index is 0.119. The van der Waals surface area contributed by atoms with Crippen LogP contribution < -0.4 is 10.2 Å². The summed E-state index contributed by atoms with van der Waals surface area (Å²) in [5.74, 6) is 0.119. The van der Waals surface area contributed by atoms with Crippen molar-refractivity contribution >= 4 is 34.6 Å². The summed E-state index contributed by atoms with van der Waals surface area (Å²) in [6.45, 7) is 8.55. The van der Waals surface area contributed by atoms with Crippen LogP contribution >= 0.6 is 23.8 Å². The van der Waals surface area contributed by atoms with E-state index in [-0.39, 0.29) is 17.8 Å². The average molecular weight is 503 g/mol. The fraction of sp³-hybridized carbons (Fsp3) is 0.214. The minimum Gasteiger partial charge on any atom is -0.506 e. The van der Waals surface area contributed by atoms with E-state index >= 15 is 0 Å². The smallest absolute Gasteiger partial charge is 0.174 e. The molecule has 1 fully saturated rings. The van der Waals surface area contributed by atoms with E-state index in [2.05, 4.69) is 66.8 Å². The summed E-state index contributed by atoms with van der Waals surface area (Å²) in [7, 11) is 0. The molecule has 178 valence electrons. The van der Waals surface area contributed by atoms with Gasteiger partial charge in [0.05, 0.1) is 23.5 Å². The first-order valence-electron chi connectivity index (χ1n) is 11.5. The number of phenols is 1. The quantitative estimate of drug-likeness (QED) is 0.306. The van der Waals surface area contributed by atoms with E-state index in [1.54, 1.807) is 24.4 Å². The van der Waals surface area contributed by atoms with Crippen LogP contribution in [0.2, 0.25) is 5.02 Å². The van der Waals surface area contributed by atoms with Crippen molar-refractivity contribution < 1.29 is 5.11 Å². The molecule has 1 aliphatic rings. The summed E-state index contributed by atoms with van der Waals surface area (Å²) in [6.07, 6.45) is 1.79. The SMILES string of the molecule is Cc1cccc(-n2c(C)cc(C3C(c4ccccn4)NC(=S)N3c3cc(Cl)ccc3O)c2C)c1C. The number of aryl methyl sites for hydroxylation is 2. The van der Waals surface area contributed by atoms with E-state index in [0.717, 1.165) is 28.3 Å². The number of halogens is 1. The van der Waals surface area contributed by atoms with Gasteiger partial charge in [-0.2, -0.15) is 0 Å². The lowest BCUT2D eigenvalue weighted by molar-refractivity contribution is 0.472. The van der Waals surface area contributed by atoms with Gasteiger partial charge in [-0.25, -0.2) is 0 Å². The van der Waals surface area contributed by atoms with Gasteiger partial charge >= 0.3 is 0 Å². The molecule has 0 spiro atoms. The van der Waals surface area contributed by atoms with E-state index in [1.165, 1.54) is 11.1 Å². The Morgan fingerprint density at radius 2 is 1.77 bits per heavy atom. The van der Waals surface area contributed by atoms with Crippen molar-refractivity contribution in [3.63, 3.8) is 0 Å². The highest BCUT2D eigenvalue weighted by atomic mass is 35.5. The molecule has 0 saturated carbocycles. The number of aromatic nitrogens is 2. The zero-order chi connectivity index (χ0) is 24.9. The van der Waals surface area contributed by atoms with Gasteiger partial charge in [-0.15, -0.1) is 0 Å². The lowest BCUT2D eigenvalue weighted by Crippen LogP contribution is -2.29. The van der Waals surface area contributed by atoms with Crippen molar-refractivity contribution in [2.24, 2.45) is 0 Å². The fourth-order valence-corrected chi connectivity index (χ4v) is 5.56. The summed E-state index contributed by atoms with van der Waals surface area (Å²) >= 11 is 12.2. The Bertz CT molecular complexity index is 1430. The third kappa shape index (κ3) is 3.97. The van der Waals surface area contributed by atoms with Crippen molar-refractivity contribution in [2.45, 2.75) is 39.8 Å². The van der Waals surface area contributed by atoms with Gasteiger partial charge in [-0.1, -0.05) is 29.8 Å². The van der Waals surface area contributed by atoms with Gasteiger partial charge < -0.3 is 19.9 Å². The lowest BCUT2D eigenvalue weighted by atomic mass is 9.96. The van der Waals surface area contributed by atoms with Crippen LogP contribution in [0.3, 0.4) is 0 Å². The van der Waals surface area contributed by atoms with Crippen LogP contribution in [0.4, 0.5) is 5.69 Å². The third-order valence-corrected chi connectivity index (χ3v) is 7.45. The van der Waals surface area contributed by atoms with Crippen molar-refractivity contribution in [3.05, 3.63) is 106 Å². The molecule has 35 heavy (non-hydrogen) atoms. The zero-order valence-electron chi connectivity index (χ0n) is 20.1. The molecule has 2 atom stereocenters. The number of aromatic hydroxyl groups is 1. The van der Waals surface area contributed by atoms with Crippen molar-refractivity contribution in [1.29, 1.82) is 0 Å². The first-order chi connectivity index (χ1) is 16.8. The number of pyridine rings is 1. The standard InChI is InChI=1S/C28H27ClN4OS/c1-16-8-7-10-23(18(16)3)32-17(2)14-21(19(32)4)27-26(22-9-5-6-13-30-22)31-28(35)33(27)24-15-20(29)11-12-25(24)34/h5-15,26-27,34H,1-4H3,(H,31,35). The van der Waals surface area contributed by atoms with Crippen LogP contribution in [0.1, 0.15) is 45.9 Å². The van der Waals surface area contributed by atoms with Crippen LogP contribution in [0, 0.1) is 27.7 Å². The molecule has 2 N–H and O–H groups in total. The second kappa shape index (κ2) is 9.02. The van der Waals surface area contributed by atoms with Crippen molar-refractivity contribution in [2.75, 3.05) is 4.90 Å². The zero-order valence-corrected chi connectivity index (χ0v) is 21.7. The predicted octanol–water partition coefficient (Wildman–Crippen LogP) is 6.64. The molecule has 0 bridgehead atoms. The number of nitrogens with one attached hydrogen (secondary N) is 1. The molecule has 4 aromatic rings. The fourth-order valence-electron chi connectivity index (χ4n) is 5.06. The molecular weight excluding hydrogens is 476 g/mol. The van der Waals surface area contributed by atoms with E-state index < -0.39 is 0 Å². The van der Waals surface area contributed by atoms with Gasteiger partial charge in [-0.05, 0) is 99.1 Å². The molecule has 2 aromatic heterocycles. The Balaban J connectivity index is 1.73. The number of rotatable bonds is 4. The first-order valence-corrected chi connectivity index (χ1v) is 12.3. The second-order valence-electron chi connectivity index (χ2n) is 9.01. The monoisotopic (exact) mass is 502 g/mol. The second-order valence-corrected chi connectivity index (χ2v) is 9.83. The van der Waals surface area contributed by atoms with Gasteiger partial charge in [0, 0.05) is 28.3 Å². The lowest BCUT2D eigenvalue weighted by Gasteiger charge is -2.29. The van der Waals surface area contributed by atoms with Crippen molar-refractivity contribution in [1.82, 2.24) is 14.9 Å². The molecule has 3 heterocycles. The molecule has 1 saturated heterocycles. The van der Waals surface area contributed by atoms with Gasteiger partial charge in [0.2, 0.25) is 0 Å². The average Bonchev–Trinajstić information content (AvgIpc) is 3.33. The molecular formula is C28H27ClN4OS. The first kappa shape index (κ1) is 23.4. The maximum absolute atomic E-state index is 10.8. The third-order valence-electron chi connectivity index (χ3n) is 6.90. The molecule has 0 aliphatic carbocycles. The minimum atomic E-state index is -0.244. The highest BCUT2D eigenvalue weighted by Crippen LogP contribution is 2.46. The maximum atomic E-state index is 10.8. The van der Waals surface area contributed by atoms with Crippen molar-refractivity contribution in [3.8, 4) is 11.4 Å². The van der Waals surface area contributed by atoms with Crippen LogP contribution in [-0.2, 0) is 0 Å². The van der Waals surface area contributed by atoms with Gasteiger partial charge in [0.15, 0.2) is 5.11 Å². The number of benzene rings is 2. The molecule has 1 aliphatic heterocycles. The maximum Gasteiger partial charge on any atom is 0.174 e. The van der Waals surface area contributed by atoms with Crippen LogP contribution in [0.25, 0.3) is 5.69 Å². The normalized spacial score (nSPS) is 17.6. The summed E-state index contributed by atoms with van der Waals surface area (Å²) in [5, 5.41) is 15.3. The summed E-state index contributed by atoms with van der Waals surface area (Å²) < 4.78 is 2.30. The number of nitrogens with zero attached hydrogens (tertiary/aromatic N) is 3. The Hall–Kier alpha value is -3.35. The summed E-state index contributed by atoms with van der Waals surface area (Å²) in [5.41, 5.74) is 8.43. The molecule has 0 amide bonds. The number of thiocarbonyl (C=S) groups is 1. The Kier molecular flexibility index (Phi) is 6.03. The van der Waals surface area contributed by atoms with Crippen LogP contribution in [-0.4, -0.2) is 19.8 Å². The highest BCUT2D eigenvalue weighted by Gasteiger charge is 2.43. The topological polar surface area (TPSA) is 53.3 Å². The van der Waals surface area contributed by atoms with E-state index in [1.807, 2.05) is 23.1 Å². The number of phenolic OH excluding ortho intramolecular Hbond substituents is 1. The summed E-state index contributed by atoms with van der Waals surface area (Å²) in [4.78, 5) is 6.60. The number of hydrogen-bond acceptors (Lipinski definition) is 3. The molecule has 2 aromatic carbocycles. The number of anilines is 1. The van der Waals surface area contributed by atoms with E-state index in [0.29, 0.717) is 15.8 Å². The molecule has 0 radical (unpaired) electrons. The van der Waals surface area contributed by atoms with Crippen LogP contribution in [0.15, 0.2) is 66.9 Å². The van der Waals surface area contributed by atoms with Gasteiger partial charge in [0.25, 0.3) is 0 Å². The summed E-state index contributed by atoms with van der Waals surface area (Å²) in [6, 6.07) is 19.0. The van der Waals surface area contributed by atoms with E-state index in [4.69, 9.17) is 23.8 Å². The molecule has 2 unspecified atom stereocenters. The highest BCUT2D eigenvalue weighted by molar-refractivity contribution is 7.80.